The third-order valence-corrected chi connectivity index (χ3v) is 3.51. The first kappa shape index (κ1) is 14.9. The second-order valence-corrected chi connectivity index (χ2v) is 5.21. The Balaban J connectivity index is 1.56. The lowest BCUT2D eigenvalue weighted by Crippen LogP contribution is -1.88. The van der Waals surface area contributed by atoms with Gasteiger partial charge >= 0.3 is 0 Å². The smallest absolute Gasteiger partial charge is 0.251 e. The Morgan fingerprint density at radius 3 is 1.52 bits per heavy atom. The Morgan fingerprint density at radius 2 is 1.08 bits per heavy atom. The van der Waals surface area contributed by atoms with Gasteiger partial charge in [0.2, 0.25) is 11.8 Å². The van der Waals surface area contributed by atoms with Crippen LogP contribution in [0.15, 0.2) is 57.4 Å². The van der Waals surface area contributed by atoms with Crippen molar-refractivity contribution in [1.29, 1.82) is 0 Å². The maximum absolute atomic E-state index is 9.83. The monoisotopic (exact) mass is 336 g/mol. The van der Waals surface area contributed by atoms with Crippen LogP contribution in [0.25, 0.3) is 22.9 Å². The van der Waals surface area contributed by atoms with E-state index >= 15 is 0 Å². The third kappa shape index (κ3) is 2.92. The highest BCUT2D eigenvalue weighted by Crippen LogP contribution is 2.29. The van der Waals surface area contributed by atoms with Crippen molar-refractivity contribution < 1.29 is 19.0 Å². The molecule has 0 radical (unpaired) electrons. The van der Waals surface area contributed by atoms with E-state index in [9.17, 15) is 10.2 Å². The SMILES string of the molecule is Oc1ccccc1-c1nnc(Cc2nnc(-c3ccccc3O)o2)o1. The summed E-state index contributed by atoms with van der Waals surface area (Å²) >= 11 is 0. The zero-order valence-corrected chi connectivity index (χ0v) is 12.8. The van der Waals surface area contributed by atoms with E-state index in [4.69, 9.17) is 8.83 Å². The molecular weight excluding hydrogens is 324 g/mol. The lowest BCUT2D eigenvalue weighted by atomic mass is 10.2. The van der Waals surface area contributed by atoms with Gasteiger partial charge in [0.25, 0.3) is 11.8 Å². The molecule has 2 heterocycles. The number of rotatable bonds is 4. The van der Waals surface area contributed by atoms with E-state index in [1.54, 1.807) is 36.4 Å². The van der Waals surface area contributed by atoms with Crippen molar-refractivity contribution in [3.05, 3.63) is 60.3 Å². The zero-order valence-electron chi connectivity index (χ0n) is 12.8. The quantitative estimate of drug-likeness (QED) is 0.584. The minimum Gasteiger partial charge on any atom is -0.507 e. The molecule has 0 aliphatic heterocycles. The number of aromatic hydroxyl groups is 2. The van der Waals surface area contributed by atoms with Gasteiger partial charge in [-0.05, 0) is 24.3 Å². The maximum atomic E-state index is 9.83. The summed E-state index contributed by atoms with van der Waals surface area (Å²) in [6, 6.07) is 13.4. The molecule has 0 spiro atoms. The van der Waals surface area contributed by atoms with Crippen LogP contribution in [0.5, 0.6) is 11.5 Å². The zero-order chi connectivity index (χ0) is 17.2. The Morgan fingerprint density at radius 1 is 0.640 bits per heavy atom. The van der Waals surface area contributed by atoms with Crippen LogP contribution in [-0.2, 0) is 6.42 Å². The molecule has 4 aromatic rings. The molecule has 25 heavy (non-hydrogen) atoms. The molecule has 0 bridgehead atoms. The molecule has 2 N–H and O–H groups in total. The molecule has 0 aliphatic carbocycles. The number of nitrogens with zero attached hydrogens (tertiary/aromatic N) is 4. The molecule has 8 nitrogen and oxygen atoms in total. The summed E-state index contributed by atoms with van der Waals surface area (Å²) in [5.41, 5.74) is 0.892. The molecule has 4 rings (SSSR count). The van der Waals surface area contributed by atoms with Crippen LogP contribution >= 0.6 is 0 Å². The minimum atomic E-state index is 0.0531. The first-order valence-corrected chi connectivity index (χ1v) is 7.42. The highest BCUT2D eigenvalue weighted by molar-refractivity contribution is 5.62. The summed E-state index contributed by atoms with van der Waals surface area (Å²) in [6.07, 6.45) is 0.140. The summed E-state index contributed by atoms with van der Waals surface area (Å²) < 4.78 is 11.1. The molecule has 2 aromatic carbocycles. The van der Waals surface area contributed by atoms with Gasteiger partial charge in [-0.3, -0.25) is 0 Å². The molecule has 0 fully saturated rings. The van der Waals surface area contributed by atoms with Crippen molar-refractivity contribution in [2.24, 2.45) is 0 Å². The van der Waals surface area contributed by atoms with E-state index in [-0.39, 0.29) is 41.5 Å². The van der Waals surface area contributed by atoms with Crippen molar-refractivity contribution >= 4 is 0 Å². The van der Waals surface area contributed by atoms with Crippen LogP contribution in [0, 0.1) is 0 Å². The summed E-state index contributed by atoms with van der Waals surface area (Å²) in [5, 5.41) is 35.3. The van der Waals surface area contributed by atoms with Gasteiger partial charge in [-0.1, -0.05) is 24.3 Å². The van der Waals surface area contributed by atoms with Crippen LogP contribution in [-0.4, -0.2) is 30.6 Å². The Labute approximate surface area is 141 Å². The number of hydrogen-bond acceptors (Lipinski definition) is 8. The van der Waals surface area contributed by atoms with Crippen molar-refractivity contribution in [3.63, 3.8) is 0 Å². The highest BCUT2D eigenvalue weighted by Gasteiger charge is 2.16. The number of para-hydroxylation sites is 2. The maximum Gasteiger partial charge on any atom is 0.251 e. The number of benzene rings is 2. The van der Waals surface area contributed by atoms with Crippen LogP contribution < -0.4 is 0 Å². The third-order valence-electron chi connectivity index (χ3n) is 3.51. The molecular formula is C17H12N4O4. The summed E-state index contributed by atoms with van der Waals surface area (Å²) in [5.74, 6) is 1.05. The first-order chi connectivity index (χ1) is 12.2. The average Bonchev–Trinajstić information content (AvgIpc) is 3.26. The van der Waals surface area contributed by atoms with Crippen LogP contribution in [0.4, 0.5) is 0 Å². The molecule has 8 heteroatoms. The molecule has 0 atom stereocenters. The Bertz CT molecular complexity index is 943. The van der Waals surface area contributed by atoms with Crippen LogP contribution in [0.1, 0.15) is 11.8 Å². The van der Waals surface area contributed by atoms with E-state index in [2.05, 4.69) is 20.4 Å². The minimum absolute atomic E-state index is 0.0531. The van der Waals surface area contributed by atoms with E-state index in [1.165, 1.54) is 12.1 Å². The lowest BCUT2D eigenvalue weighted by molar-refractivity contribution is 0.454. The van der Waals surface area contributed by atoms with Crippen molar-refractivity contribution in [2.45, 2.75) is 6.42 Å². The van der Waals surface area contributed by atoms with Gasteiger partial charge < -0.3 is 19.0 Å². The second kappa shape index (κ2) is 6.08. The summed E-state index contributed by atoms with van der Waals surface area (Å²) in [6.45, 7) is 0. The number of phenolic OH excluding ortho intramolecular Hbond substituents is 2. The molecule has 0 amide bonds. The van der Waals surface area contributed by atoms with Gasteiger partial charge in [-0.15, -0.1) is 20.4 Å². The van der Waals surface area contributed by atoms with Gasteiger partial charge in [0.05, 0.1) is 11.1 Å². The van der Waals surface area contributed by atoms with Gasteiger partial charge in [0.15, 0.2) is 0 Å². The second-order valence-electron chi connectivity index (χ2n) is 5.21. The first-order valence-electron chi connectivity index (χ1n) is 7.42. The predicted octanol–water partition coefficient (Wildman–Crippen LogP) is 2.79. The number of hydrogen-bond donors (Lipinski definition) is 2. The van der Waals surface area contributed by atoms with E-state index in [1.807, 2.05) is 0 Å². The van der Waals surface area contributed by atoms with Crippen LogP contribution in [0.2, 0.25) is 0 Å². The summed E-state index contributed by atoms with van der Waals surface area (Å²) in [7, 11) is 0. The molecule has 0 unspecified atom stereocenters. The fraction of sp³-hybridized carbons (Fsp3) is 0.0588. The van der Waals surface area contributed by atoms with Gasteiger partial charge in [-0.25, -0.2) is 0 Å². The topological polar surface area (TPSA) is 118 Å². The van der Waals surface area contributed by atoms with E-state index < -0.39 is 0 Å². The summed E-state index contributed by atoms with van der Waals surface area (Å²) in [4.78, 5) is 0. The van der Waals surface area contributed by atoms with Crippen molar-refractivity contribution in [1.82, 2.24) is 20.4 Å². The normalized spacial score (nSPS) is 10.9. The molecule has 2 aromatic heterocycles. The molecule has 0 saturated carbocycles. The molecule has 124 valence electrons. The fourth-order valence-corrected chi connectivity index (χ4v) is 2.31. The number of aromatic nitrogens is 4. The van der Waals surface area contributed by atoms with Crippen molar-refractivity contribution in [3.8, 4) is 34.4 Å². The largest absolute Gasteiger partial charge is 0.507 e. The molecule has 0 aliphatic rings. The standard InChI is InChI=1S/C17H12N4O4/c22-12-7-3-1-5-10(12)16-20-18-14(24-16)9-15-19-21-17(25-15)11-6-2-4-8-13(11)23/h1-8,22-23H,9H2. The van der Waals surface area contributed by atoms with Crippen LogP contribution in [0.3, 0.4) is 0 Å². The predicted molar refractivity (Wildman–Crippen MR) is 85.6 cm³/mol. The highest BCUT2D eigenvalue weighted by atomic mass is 16.4. The van der Waals surface area contributed by atoms with Gasteiger partial charge in [-0.2, -0.15) is 0 Å². The van der Waals surface area contributed by atoms with E-state index in [0.29, 0.717) is 11.1 Å². The van der Waals surface area contributed by atoms with Gasteiger partial charge in [0, 0.05) is 0 Å². The molecule has 0 saturated heterocycles. The lowest BCUT2D eigenvalue weighted by Gasteiger charge is -1.97. The fourth-order valence-electron chi connectivity index (χ4n) is 2.31. The van der Waals surface area contributed by atoms with E-state index in [0.717, 1.165) is 0 Å². The van der Waals surface area contributed by atoms with Crippen molar-refractivity contribution in [2.75, 3.05) is 0 Å². The van der Waals surface area contributed by atoms with Gasteiger partial charge in [0.1, 0.15) is 17.9 Å². The average molecular weight is 336 g/mol. The number of phenols is 2. The Hall–Kier alpha value is -3.68. The Kier molecular flexibility index (Phi) is 3.62.